The zero-order valence-corrected chi connectivity index (χ0v) is 20.9. The fourth-order valence-corrected chi connectivity index (χ4v) is 4.94. The summed E-state index contributed by atoms with van der Waals surface area (Å²) in [5.74, 6) is -0.233. The van der Waals surface area contributed by atoms with Crippen molar-refractivity contribution in [2.45, 2.75) is 26.6 Å². The Balaban J connectivity index is 1.24. The molecule has 190 valence electrons. The highest BCUT2D eigenvalue weighted by Crippen LogP contribution is 2.18. The van der Waals surface area contributed by atoms with Crippen LogP contribution in [0.4, 0.5) is 5.69 Å². The van der Waals surface area contributed by atoms with E-state index in [0.29, 0.717) is 29.7 Å². The summed E-state index contributed by atoms with van der Waals surface area (Å²) in [5.41, 5.74) is 3.76. The summed E-state index contributed by atoms with van der Waals surface area (Å²) >= 11 is 0. The molecule has 1 fully saturated rings. The minimum Gasteiger partial charge on any atom is -0.369 e. The number of fused-ring (bicyclic) bond motifs is 1. The number of hydrogen-bond acceptors (Lipinski definition) is 5. The second-order valence-corrected chi connectivity index (χ2v) is 9.29. The van der Waals surface area contributed by atoms with Crippen LogP contribution in [0, 0.1) is 0 Å². The van der Waals surface area contributed by atoms with E-state index in [-0.39, 0.29) is 5.91 Å². The van der Waals surface area contributed by atoms with E-state index in [2.05, 4.69) is 50.4 Å². The highest BCUT2D eigenvalue weighted by Gasteiger charge is 2.18. The average molecular weight is 498 g/mol. The molecule has 8 heteroatoms. The van der Waals surface area contributed by atoms with Gasteiger partial charge in [0.1, 0.15) is 0 Å². The maximum absolute atomic E-state index is 13.0. The van der Waals surface area contributed by atoms with Gasteiger partial charge in [0.25, 0.3) is 5.91 Å². The molecule has 1 aromatic heterocycles. The lowest BCUT2D eigenvalue weighted by molar-refractivity contribution is 0.0951. The molecule has 37 heavy (non-hydrogen) atoms. The molecule has 1 aliphatic rings. The predicted octanol–water partition coefficient (Wildman–Crippen LogP) is 2.96. The molecule has 1 amide bonds. The Morgan fingerprint density at radius 3 is 2.32 bits per heavy atom. The summed E-state index contributed by atoms with van der Waals surface area (Å²) in [7, 11) is 0. The third-order valence-corrected chi connectivity index (χ3v) is 7.00. The number of aromatic amines is 1. The normalized spacial score (nSPS) is 14.1. The van der Waals surface area contributed by atoms with E-state index in [1.54, 1.807) is 18.2 Å². The summed E-state index contributed by atoms with van der Waals surface area (Å²) in [6, 6.07) is 23.7. The average Bonchev–Trinajstić information content (AvgIpc) is 2.94. The van der Waals surface area contributed by atoms with Crippen LogP contribution < -0.4 is 21.3 Å². The first kappa shape index (κ1) is 24.5. The minimum atomic E-state index is -0.689. The van der Waals surface area contributed by atoms with Gasteiger partial charge in [-0.05, 0) is 48.4 Å². The SMILES string of the molecule is CCn1c(=O)c(=O)[nH]c2cc(C(=O)NCc3ccccc3CN3CCN(c4ccccc4)CC3)ccc21. The van der Waals surface area contributed by atoms with Gasteiger partial charge in [0.15, 0.2) is 0 Å². The van der Waals surface area contributed by atoms with Crippen LogP contribution in [0.25, 0.3) is 11.0 Å². The first-order valence-electron chi connectivity index (χ1n) is 12.7. The lowest BCUT2D eigenvalue weighted by atomic mass is 10.1. The molecule has 2 heterocycles. The fraction of sp³-hybridized carbons (Fsp3) is 0.276. The molecule has 0 saturated carbocycles. The molecule has 0 atom stereocenters. The number of carbonyl (C=O) groups excluding carboxylic acids is 1. The second kappa shape index (κ2) is 10.8. The van der Waals surface area contributed by atoms with Crippen LogP contribution in [0.2, 0.25) is 0 Å². The number of nitrogens with one attached hydrogen (secondary N) is 2. The Hall–Kier alpha value is -4.17. The quantitative estimate of drug-likeness (QED) is 0.383. The van der Waals surface area contributed by atoms with Gasteiger partial charge in [0.05, 0.1) is 11.0 Å². The summed E-state index contributed by atoms with van der Waals surface area (Å²) in [6.45, 7) is 7.35. The summed E-state index contributed by atoms with van der Waals surface area (Å²) < 4.78 is 1.41. The lowest BCUT2D eigenvalue weighted by Crippen LogP contribution is -2.46. The van der Waals surface area contributed by atoms with Gasteiger partial charge in [-0.2, -0.15) is 0 Å². The highest BCUT2D eigenvalue weighted by atomic mass is 16.2. The van der Waals surface area contributed by atoms with Gasteiger partial charge < -0.3 is 19.8 Å². The van der Waals surface area contributed by atoms with E-state index in [9.17, 15) is 14.4 Å². The second-order valence-electron chi connectivity index (χ2n) is 9.29. The van der Waals surface area contributed by atoms with Crippen molar-refractivity contribution in [3.63, 3.8) is 0 Å². The number of para-hydroxylation sites is 1. The number of anilines is 1. The molecule has 1 aliphatic heterocycles. The number of carbonyl (C=O) groups is 1. The van der Waals surface area contributed by atoms with Crippen molar-refractivity contribution < 1.29 is 4.79 Å². The fourth-order valence-electron chi connectivity index (χ4n) is 4.94. The summed E-state index contributed by atoms with van der Waals surface area (Å²) in [5, 5.41) is 3.01. The Labute approximate surface area is 215 Å². The molecule has 8 nitrogen and oxygen atoms in total. The highest BCUT2D eigenvalue weighted by molar-refractivity contribution is 5.97. The molecule has 0 spiro atoms. The number of hydrogen-bond donors (Lipinski definition) is 2. The Bertz CT molecular complexity index is 1520. The third-order valence-electron chi connectivity index (χ3n) is 7.00. The first-order chi connectivity index (χ1) is 18.0. The monoisotopic (exact) mass is 497 g/mol. The van der Waals surface area contributed by atoms with Crippen molar-refractivity contribution in [1.82, 2.24) is 19.8 Å². The third kappa shape index (κ3) is 5.34. The van der Waals surface area contributed by atoms with Crippen LogP contribution in [0.3, 0.4) is 0 Å². The molecule has 1 saturated heterocycles. The van der Waals surface area contributed by atoms with Crippen molar-refractivity contribution in [2.75, 3.05) is 31.1 Å². The van der Waals surface area contributed by atoms with Crippen LogP contribution in [0.15, 0.2) is 82.4 Å². The topological polar surface area (TPSA) is 90.4 Å². The van der Waals surface area contributed by atoms with Crippen LogP contribution >= 0.6 is 0 Å². The zero-order valence-electron chi connectivity index (χ0n) is 20.9. The molecule has 5 rings (SSSR count). The van der Waals surface area contributed by atoms with E-state index >= 15 is 0 Å². The standard InChI is InChI=1S/C29H31N5O3/c1-2-34-26-13-12-21(18-25(26)31-28(36)29(34)37)27(35)30-19-22-8-6-7-9-23(22)20-32-14-16-33(17-15-32)24-10-4-3-5-11-24/h3-13,18H,2,14-17,19-20H2,1H3,(H,30,35)(H,31,36). The minimum absolute atomic E-state index is 0.233. The van der Waals surface area contributed by atoms with Crippen molar-refractivity contribution in [3.8, 4) is 0 Å². The van der Waals surface area contributed by atoms with Crippen LogP contribution in [0.1, 0.15) is 28.4 Å². The van der Waals surface area contributed by atoms with Crippen molar-refractivity contribution in [3.05, 3.63) is 110 Å². The van der Waals surface area contributed by atoms with E-state index in [4.69, 9.17) is 0 Å². The molecule has 3 aromatic carbocycles. The van der Waals surface area contributed by atoms with Crippen molar-refractivity contribution in [1.29, 1.82) is 0 Å². The van der Waals surface area contributed by atoms with Gasteiger partial charge in [-0.3, -0.25) is 19.3 Å². The Kier molecular flexibility index (Phi) is 7.18. The number of nitrogens with zero attached hydrogens (tertiary/aromatic N) is 3. The molecule has 4 aromatic rings. The number of rotatable bonds is 7. The maximum atomic E-state index is 13.0. The molecular formula is C29H31N5O3. The summed E-state index contributed by atoms with van der Waals surface area (Å²) in [6.07, 6.45) is 0. The van der Waals surface area contributed by atoms with Gasteiger partial charge >= 0.3 is 11.1 Å². The largest absolute Gasteiger partial charge is 0.369 e. The maximum Gasteiger partial charge on any atom is 0.316 e. The van der Waals surface area contributed by atoms with Gasteiger partial charge in [0.2, 0.25) is 0 Å². The number of aryl methyl sites for hydroxylation is 1. The van der Waals surface area contributed by atoms with E-state index < -0.39 is 11.1 Å². The van der Waals surface area contributed by atoms with Gasteiger partial charge in [0, 0.05) is 57.1 Å². The predicted molar refractivity (Wildman–Crippen MR) is 146 cm³/mol. The Morgan fingerprint density at radius 1 is 0.892 bits per heavy atom. The molecule has 0 bridgehead atoms. The van der Waals surface area contributed by atoms with Crippen molar-refractivity contribution in [2.24, 2.45) is 0 Å². The van der Waals surface area contributed by atoms with Crippen LogP contribution in [-0.4, -0.2) is 46.5 Å². The summed E-state index contributed by atoms with van der Waals surface area (Å²) in [4.78, 5) is 44.5. The lowest BCUT2D eigenvalue weighted by Gasteiger charge is -2.36. The number of H-pyrrole nitrogens is 1. The zero-order chi connectivity index (χ0) is 25.8. The number of piperazine rings is 1. The molecule has 0 aliphatic carbocycles. The Morgan fingerprint density at radius 2 is 1.59 bits per heavy atom. The number of amides is 1. The van der Waals surface area contributed by atoms with Crippen molar-refractivity contribution >= 4 is 22.6 Å². The van der Waals surface area contributed by atoms with Gasteiger partial charge in [-0.15, -0.1) is 0 Å². The van der Waals surface area contributed by atoms with Gasteiger partial charge in [-0.1, -0.05) is 42.5 Å². The van der Waals surface area contributed by atoms with E-state index in [0.717, 1.165) is 38.3 Å². The smallest absolute Gasteiger partial charge is 0.316 e. The molecule has 2 N–H and O–H groups in total. The molecular weight excluding hydrogens is 466 g/mol. The van der Waals surface area contributed by atoms with Gasteiger partial charge in [-0.25, -0.2) is 0 Å². The van der Waals surface area contributed by atoms with E-state index in [1.165, 1.54) is 15.8 Å². The molecule has 0 radical (unpaired) electrons. The number of benzene rings is 3. The van der Waals surface area contributed by atoms with E-state index in [1.807, 2.05) is 31.2 Å². The first-order valence-corrected chi connectivity index (χ1v) is 12.7. The van der Waals surface area contributed by atoms with Crippen LogP contribution in [-0.2, 0) is 19.6 Å². The van der Waals surface area contributed by atoms with Crippen LogP contribution in [0.5, 0.6) is 0 Å². The molecule has 0 unspecified atom stereocenters. The number of aromatic nitrogens is 2.